The lowest BCUT2D eigenvalue weighted by Gasteiger charge is -2.20. The van der Waals surface area contributed by atoms with Crippen LogP contribution < -0.4 is 16.0 Å². The van der Waals surface area contributed by atoms with Crippen molar-refractivity contribution in [2.24, 2.45) is 0 Å². The Bertz CT molecular complexity index is 1550. The summed E-state index contributed by atoms with van der Waals surface area (Å²) in [5.41, 5.74) is 8.93. The number of anilines is 3. The Morgan fingerprint density at radius 3 is 2.31 bits per heavy atom. The molecule has 0 spiro atoms. The van der Waals surface area contributed by atoms with Crippen LogP contribution in [-0.4, -0.2) is 26.9 Å². The summed E-state index contributed by atoms with van der Waals surface area (Å²) in [5.74, 6) is -0.0996. The van der Waals surface area contributed by atoms with Crippen LogP contribution in [0.2, 0.25) is 0 Å². The first kappa shape index (κ1) is 22.7. The lowest BCUT2D eigenvalue weighted by molar-refractivity contribution is 0.102. The third kappa shape index (κ3) is 4.74. The summed E-state index contributed by atoms with van der Waals surface area (Å²) in [6.45, 7) is 0.143. The van der Waals surface area contributed by atoms with E-state index in [-0.39, 0.29) is 18.3 Å². The third-order valence-electron chi connectivity index (χ3n) is 5.83. The number of nitrogens with zero attached hydrogens (tertiary/aromatic N) is 3. The molecule has 0 aliphatic heterocycles. The van der Waals surface area contributed by atoms with Gasteiger partial charge in [-0.05, 0) is 52.7 Å². The van der Waals surface area contributed by atoms with Gasteiger partial charge in [-0.3, -0.25) is 9.69 Å². The smallest absolute Gasteiger partial charge is 0.412 e. The number of hydrogen-bond acceptors (Lipinski definition) is 4. The van der Waals surface area contributed by atoms with Gasteiger partial charge in [0.15, 0.2) is 5.82 Å². The Morgan fingerprint density at radius 1 is 0.889 bits per heavy atom. The molecule has 36 heavy (non-hydrogen) atoms. The van der Waals surface area contributed by atoms with E-state index in [0.29, 0.717) is 16.9 Å². The SMILES string of the molecule is Nc1cn(-c2ccccc2)nc1NC(=O)c1ccc(CN(C(=O)O)c2ccc3ccccc3c2)cc1. The predicted molar refractivity (Wildman–Crippen MR) is 141 cm³/mol. The molecule has 5 rings (SSSR count). The number of nitrogens with two attached hydrogens (primary N) is 1. The molecule has 0 atom stereocenters. The minimum Gasteiger partial charge on any atom is -0.465 e. The van der Waals surface area contributed by atoms with Crippen LogP contribution in [0.5, 0.6) is 0 Å². The van der Waals surface area contributed by atoms with Gasteiger partial charge in [-0.15, -0.1) is 5.10 Å². The van der Waals surface area contributed by atoms with Crippen molar-refractivity contribution >= 4 is 40.0 Å². The van der Waals surface area contributed by atoms with Crippen molar-refractivity contribution in [1.29, 1.82) is 0 Å². The van der Waals surface area contributed by atoms with Crippen LogP contribution in [0.3, 0.4) is 0 Å². The molecule has 4 N–H and O–H groups in total. The third-order valence-corrected chi connectivity index (χ3v) is 5.83. The number of nitrogen functional groups attached to an aromatic ring is 1. The monoisotopic (exact) mass is 477 g/mol. The number of para-hydroxylation sites is 1. The molecule has 8 nitrogen and oxygen atoms in total. The van der Waals surface area contributed by atoms with E-state index in [0.717, 1.165) is 22.0 Å². The Labute approximate surface area is 207 Å². The molecular weight excluding hydrogens is 454 g/mol. The number of hydrogen-bond donors (Lipinski definition) is 3. The summed E-state index contributed by atoms with van der Waals surface area (Å²) in [6.07, 6.45) is 0.581. The molecule has 0 saturated carbocycles. The normalized spacial score (nSPS) is 10.8. The first-order chi connectivity index (χ1) is 17.5. The predicted octanol–water partition coefficient (Wildman–Crippen LogP) is 5.54. The van der Waals surface area contributed by atoms with Crippen molar-refractivity contribution < 1.29 is 14.7 Å². The van der Waals surface area contributed by atoms with Crippen molar-refractivity contribution in [1.82, 2.24) is 9.78 Å². The maximum absolute atomic E-state index is 12.8. The molecule has 0 aliphatic rings. The number of aromatic nitrogens is 2. The zero-order valence-electron chi connectivity index (χ0n) is 19.2. The van der Waals surface area contributed by atoms with Crippen LogP contribution in [0, 0.1) is 0 Å². The standard InChI is InChI=1S/C28H23N5O3/c29-25-18-33(23-8-2-1-3-9-23)31-26(25)30-27(34)21-12-10-19(11-13-21)17-32(28(35)36)24-15-14-20-6-4-5-7-22(20)16-24/h1-16,18H,17,29H2,(H,35,36)(H,30,31,34). The molecule has 0 saturated heterocycles. The van der Waals surface area contributed by atoms with Crippen LogP contribution in [0.4, 0.5) is 22.0 Å². The van der Waals surface area contributed by atoms with Gasteiger partial charge in [0.2, 0.25) is 0 Å². The van der Waals surface area contributed by atoms with E-state index in [1.165, 1.54) is 4.90 Å². The van der Waals surface area contributed by atoms with Gasteiger partial charge in [0.25, 0.3) is 5.91 Å². The largest absolute Gasteiger partial charge is 0.465 e. The molecule has 1 heterocycles. The molecule has 0 aliphatic carbocycles. The zero-order chi connectivity index (χ0) is 25.1. The Morgan fingerprint density at radius 2 is 1.58 bits per heavy atom. The zero-order valence-corrected chi connectivity index (χ0v) is 19.2. The van der Waals surface area contributed by atoms with Gasteiger partial charge in [0.05, 0.1) is 24.1 Å². The van der Waals surface area contributed by atoms with Crippen molar-refractivity contribution in [2.45, 2.75) is 6.54 Å². The number of carboxylic acid groups (broad SMARTS) is 1. The number of carbonyl (C=O) groups excluding carboxylic acids is 1. The van der Waals surface area contributed by atoms with Crippen molar-refractivity contribution in [3.63, 3.8) is 0 Å². The van der Waals surface area contributed by atoms with E-state index < -0.39 is 6.09 Å². The van der Waals surface area contributed by atoms with Gasteiger partial charge >= 0.3 is 6.09 Å². The second kappa shape index (κ2) is 9.63. The highest BCUT2D eigenvalue weighted by Crippen LogP contribution is 2.24. The van der Waals surface area contributed by atoms with Gasteiger partial charge < -0.3 is 16.2 Å². The van der Waals surface area contributed by atoms with E-state index in [4.69, 9.17) is 5.73 Å². The fourth-order valence-corrected chi connectivity index (χ4v) is 3.94. The highest BCUT2D eigenvalue weighted by atomic mass is 16.4. The molecular formula is C28H23N5O3. The summed E-state index contributed by atoms with van der Waals surface area (Å²) in [4.78, 5) is 26.1. The lowest BCUT2D eigenvalue weighted by Crippen LogP contribution is -2.28. The number of benzene rings is 4. The molecule has 1 aromatic heterocycles. The van der Waals surface area contributed by atoms with Gasteiger partial charge in [-0.2, -0.15) is 0 Å². The maximum atomic E-state index is 12.8. The average molecular weight is 478 g/mol. The molecule has 0 bridgehead atoms. The molecule has 0 fully saturated rings. The first-order valence-electron chi connectivity index (χ1n) is 11.3. The van der Waals surface area contributed by atoms with Crippen LogP contribution >= 0.6 is 0 Å². The van der Waals surface area contributed by atoms with E-state index in [2.05, 4.69) is 10.4 Å². The highest BCUT2D eigenvalue weighted by molar-refractivity contribution is 6.05. The topological polar surface area (TPSA) is 113 Å². The quantitative estimate of drug-likeness (QED) is 0.297. The van der Waals surface area contributed by atoms with E-state index in [9.17, 15) is 14.7 Å². The fraction of sp³-hybridized carbons (Fsp3) is 0.0357. The minimum absolute atomic E-state index is 0.143. The molecule has 8 heteroatoms. The average Bonchev–Trinajstić information content (AvgIpc) is 3.27. The highest BCUT2D eigenvalue weighted by Gasteiger charge is 2.17. The van der Waals surface area contributed by atoms with Gasteiger partial charge in [-0.25, -0.2) is 9.48 Å². The van der Waals surface area contributed by atoms with Crippen LogP contribution in [0.25, 0.3) is 16.5 Å². The van der Waals surface area contributed by atoms with Gasteiger partial charge in [0.1, 0.15) is 0 Å². The number of rotatable bonds is 6. The number of carbonyl (C=O) groups is 2. The second-order valence-electron chi connectivity index (χ2n) is 8.26. The van der Waals surface area contributed by atoms with Crippen LogP contribution in [0.1, 0.15) is 15.9 Å². The summed E-state index contributed by atoms with van der Waals surface area (Å²) in [7, 11) is 0. The molecule has 4 aromatic carbocycles. The Kier molecular flexibility index (Phi) is 6.07. The van der Waals surface area contributed by atoms with E-state index in [1.807, 2.05) is 66.7 Å². The number of fused-ring (bicyclic) bond motifs is 1. The summed E-state index contributed by atoms with van der Waals surface area (Å²) >= 11 is 0. The summed E-state index contributed by atoms with van der Waals surface area (Å²) in [5, 5.41) is 18.9. The first-order valence-corrected chi connectivity index (χ1v) is 11.3. The molecule has 0 unspecified atom stereocenters. The lowest BCUT2D eigenvalue weighted by atomic mass is 10.1. The van der Waals surface area contributed by atoms with Gasteiger partial charge in [-0.1, -0.05) is 60.7 Å². The van der Waals surface area contributed by atoms with E-state index >= 15 is 0 Å². The molecule has 178 valence electrons. The van der Waals surface area contributed by atoms with Crippen molar-refractivity contribution in [3.8, 4) is 5.69 Å². The number of amides is 2. The maximum Gasteiger partial charge on any atom is 0.412 e. The van der Waals surface area contributed by atoms with Crippen LogP contribution in [0.15, 0.2) is 103 Å². The second-order valence-corrected chi connectivity index (χ2v) is 8.26. The molecule has 5 aromatic rings. The minimum atomic E-state index is -1.06. The van der Waals surface area contributed by atoms with Gasteiger partial charge in [0, 0.05) is 11.3 Å². The number of nitrogens with one attached hydrogen (secondary N) is 1. The molecule has 2 amide bonds. The molecule has 0 radical (unpaired) electrons. The van der Waals surface area contributed by atoms with Crippen molar-refractivity contribution in [2.75, 3.05) is 16.0 Å². The van der Waals surface area contributed by atoms with E-state index in [1.54, 1.807) is 41.2 Å². The fourth-order valence-electron chi connectivity index (χ4n) is 3.94. The Balaban J connectivity index is 1.30. The van der Waals surface area contributed by atoms with Crippen molar-refractivity contribution in [3.05, 3.63) is 114 Å². The Hall–Kier alpha value is -5.11. The van der Waals surface area contributed by atoms with Crippen LogP contribution in [-0.2, 0) is 6.54 Å². The summed E-state index contributed by atoms with van der Waals surface area (Å²) < 4.78 is 1.60. The summed E-state index contributed by atoms with van der Waals surface area (Å²) in [6, 6.07) is 29.5.